The molecule has 0 bridgehead atoms. The molecule has 21 heavy (non-hydrogen) atoms. The van der Waals surface area contributed by atoms with E-state index in [1.165, 1.54) is 12.1 Å². The smallest absolute Gasteiger partial charge is 0.395 e. The molecule has 0 aliphatic heterocycles. The molecule has 0 atom stereocenters. The van der Waals surface area contributed by atoms with Gasteiger partial charge in [-0.25, -0.2) is 0 Å². The van der Waals surface area contributed by atoms with E-state index in [1.54, 1.807) is 6.07 Å². The zero-order valence-electron chi connectivity index (χ0n) is 12.1. The fourth-order valence-electron chi connectivity index (χ4n) is 2.44. The molecule has 0 unspecified atom stereocenters. The van der Waals surface area contributed by atoms with Gasteiger partial charge < -0.3 is 15.3 Å². The monoisotopic (exact) mass is 302 g/mol. The maximum Gasteiger partial charge on any atom is 0.416 e. The van der Waals surface area contributed by atoms with Crippen molar-refractivity contribution in [1.82, 2.24) is 5.32 Å². The summed E-state index contributed by atoms with van der Waals surface area (Å²) in [6.45, 7) is 3.00. The van der Waals surface area contributed by atoms with Crippen molar-refractivity contribution >= 4 is 5.69 Å². The first-order valence-electron chi connectivity index (χ1n) is 7.25. The van der Waals surface area contributed by atoms with Crippen molar-refractivity contribution in [2.24, 2.45) is 0 Å². The topological polar surface area (TPSA) is 35.5 Å². The highest BCUT2D eigenvalue weighted by Crippen LogP contribution is 2.37. The maximum atomic E-state index is 13.2. The molecule has 0 heterocycles. The van der Waals surface area contributed by atoms with Crippen LogP contribution in [-0.2, 0) is 12.7 Å². The van der Waals surface area contributed by atoms with E-state index in [0.717, 1.165) is 12.8 Å². The quantitative estimate of drug-likeness (QED) is 0.813. The number of halogens is 3. The van der Waals surface area contributed by atoms with E-state index in [2.05, 4.69) is 5.32 Å². The summed E-state index contributed by atoms with van der Waals surface area (Å²) in [5.74, 6) is 0. The van der Waals surface area contributed by atoms with E-state index in [0.29, 0.717) is 18.8 Å². The normalized spacial score (nSPS) is 15.3. The largest absolute Gasteiger partial charge is 0.416 e. The third-order valence-corrected chi connectivity index (χ3v) is 3.62. The molecule has 1 saturated carbocycles. The van der Waals surface area contributed by atoms with E-state index in [4.69, 9.17) is 5.11 Å². The standard InChI is InChI=1S/C15H21F3N2O/c1-2-19-10-11-3-4-13(9-14(11)15(16,17)18)20(7-8-21)12-5-6-12/h3-4,9,12,19,21H,2,5-8,10H2,1H3. The first-order chi connectivity index (χ1) is 9.97. The number of alkyl halides is 3. The number of benzene rings is 1. The lowest BCUT2D eigenvalue weighted by atomic mass is 10.0. The highest BCUT2D eigenvalue weighted by atomic mass is 19.4. The molecule has 1 aromatic carbocycles. The third kappa shape index (κ3) is 4.11. The fourth-order valence-corrected chi connectivity index (χ4v) is 2.44. The summed E-state index contributed by atoms with van der Waals surface area (Å²) < 4.78 is 39.7. The molecule has 6 heteroatoms. The van der Waals surface area contributed by atoms with Gasteiger partial charge in [0.25, 0.3) is 0 Å². The van der Waals surface area contributed by atoms with Gasteiger partial charge in [-0.15, -0.1) is 0 Å². The van der Waals surface area contributed by atoms with Crippen molar-refractivity contribution in [2.75, 3.05) is 24.6 Å². The lowest BCUT2D eigenvalue weighted by molar-refractivity contribution is -0.138. The van der Waals surface area contributed by atoms with Gasteiger partial charge in [-0.2, -0.15) is 13.2 Å². The Morgan fingerprint density at radius 2 is 2.05 bits per heavy atom. The maximum absolute atomic E-state index is 13.2. The van der Waals surface area contributed by atoms with Gasteiger partial charge in [0, 0.05) is 24.8 Å². The van der Waals surface area contributed by atoms with Crippen molar-refractivity contribution in [3.8, 4) is 0 Å². The summed E-state index contributed by atoms with van der Waals surface area (Å²) in [5, 5.41) is 12.0. The molecule has 1 aliphatic carbocycles. The molecule has 0 saturated heterocycles. The van der Waals surface area contributed by atoms with Crippen LogP contribution in [0, 0.1) is 0 Å². The van der Waals surface area contributed by atoms with Crippen LogP contribution in [0.15, 0.2) is 18.2 Å². The van der Waals surface area contributed by atoms with Gasteiger partial charge in [-0.3, -0.25) is 0 Å². The molecule has 118 valence electrons. The minimum absolute atomic E-state index is 0.0585. The van der Waals surface area contributed by atoms with Gasteiger partial charge in [0.15, 0.2) is 0 Å². The lowest BCUT2D eigenvalue weighted by Crippen LogP contribution is -2.29. The highest BCUT2D eigenvalue weighted by Gasteiger charge is 2.35. The van der Waals surface area contributed by atoms with Crippen LogP contribution in [0.2, 0.25) is 0 Å². The second-order valence-corrected chi connectivity index (χ2v) is 5.27. The Bertz CT molecular complexity index is 472. The summed E-state index contributed by atoms with van der Waals surface area (Å²) >= 11 is 0. The number of aliphatic hydroxyl groups excluding tert-OH is 1. The van der Waals surface area contributed by atoms with Crippen molar-refractivity contribution in [1.29, 1.82) is 0 Å². The summed E-state index contributed by atoms with van der Waals surface area (Å²) in [4.78, 5) is 1.87. The van der Waals surface area contributed by atoms with Crippen molar-refractivity contribution in [3.63, 3.8) is 0 Å². The number of hydrogen-bond donors (Lipinski definition) is 2. The van der Waals surface area contributed by atoms with Crippen LogP contribution in [0.5, 0.6) is 0 Å². The predicted molar refractivity (Wildman–Crippen MR) is 76.3 cm³/mol. The number of nitrogens with zero attached hydrogens (tertiary/aromatic N) is 1. The predicted octanol–water partition coefficient (Wildman–Crippen LogP) is 2.78. The molecular formula is C15H21F3N2O. The third-order valence-electron chi connectivity index (χ3n) is 3.62. The summed E-state index contributed by atoms with van der Waals surface area (Å²) in [6.07, 6.45) is -2.42. The molecule has 0 amide bonds. The molecule has 0 radical (unpaired) electrons. The van der Waals surface area contributed by atoms with E-state index in [-0.39, 0.29) is 24.8 Å². The number of anilines is 1. The van der Waals surface area contributed by atoms with Crippen LogP contribution in [0.4, 0.5) is 18.9 Å². The van der Waals surface area contributed by atoms with E-state index >= 15 is 0 Å². The summed E-state index contributed by atoms with van der Waals surface area (Å²) in [7, 11) is 0. The second-order valence-electron chi connectivity index (χ2n) is 5.27. The van der Waals surface area contributed by atoms with E-state index < -0.39 is 11.7 Å². The highest BCUT2D eigenvalue weighted by molar-refractivity contribution is 5.53. The second kappa shape index (κ2) is 6.66. The summed E-state index contributed by atoms with van der Waals surface area (Å²) in [6, 6.07) is 4.72. The fraction of sp³-hybridized carbons (Fsp3) is 0.600. The van der Waals surface area contributed by atoms with E-state index in [1.807, 2.05) is 11.8 Å². The Labute approximate surface area is 122 Å². The number of nitrogens with one attached hydrogen (secondary N) is 1. The average molecular weight is 302 g/mol. The Hall–Kier alpha value is -1.27. The van der Waals surface area contributed by atoms with Crippen LogP contribution in [0.25, 0.3) is 0 Å². The Morgan fingerprint density at radius 1 is 1.33 bits per heavy atom. The first-order valence-corrected chi connectivity index (χ1v) is 7.25. The minimum atomic E-state index is -4.37. The van der Waals surface area contributed by atoms with Gasteiger partial charge in [0.2, 0.25) is 0 Å². The Balaban J connectivity index is 2.31. The van der Waals surface area contributed by atoms with Crippen molar-refractivity contribution in [3.05, 3.63) is 29.3 Å². The molecule has 0 spiro atoms. The lowest BCUT2D eigenvalue weighted by Gasteiger charge is -2.25. The van der Waals surface area contributed by atoms with Crippen LogP contribution in [-0.4, -0.2) is 30.8 Å². The molecule has 2 N–H and O–H groups in total. The van der Waals surface area contributed by atoms with Gasteiger partial charge in [0.05, 0.1) is 12.2 Å². The van der Waals surface area contributed by atoms with Gasteiger partial charge in [-0.05, 0) is 37.1 Å². The molecule has 2 rings (SSSR count). The number of aliphatic hydroxyl groups is 1. The molecule has 0 aromatic heterocycles. The molecule has 3 nitrogen and oxygen atoms in total. The van der Waals surface area contributed by atoms with Crippen molar-refractivity contribution in [2.45, 2.75) is 38.5 Å². The molecule has 1 fully saturated rings. The van der Waals surface area contributed by atoms with Crippen LogP contribution >= 0.6 is 0 Å². The molecule has 1 aromatic rings. The Kier molecular flexibility index (Phi) is 5.11. The van der Waals surface area contributed by atoms with Crippen LogP contribution < -0.4 is 10.2 Å². The molecular weight excluding hydrogens is 281 g/mol. The van der Waals surface area contributed by atoms with Crippen LogP contribution in [0.1, 0.15) is 30.9 Å². The average Bonchev–Trinajstić information content (AvgIpc) is 3.26. The number of rotatable bonds is 7. The zero-order chi connectivity index (χ0) is 15.5. The van der Waals surface area contributed by atoms with E-state index in [9.17, 15) is 13.2 Å². The van der Waals surface area contributed by atoms with Gasteiger partial charge in [0.1, 0.15) is 0 Å². The van der Waals surface area contributed by atoms with Gasteiger partial charge in [-0.1, -0.05) is 13.0 Å². The number of hydrogen-bond acceptors (Lipinski definition) is 3. The first kappa shape index (κ1) is 16.1. The molecule has 1 aliphatic rings. The summed E-state index contributed by atoms with van der Waals surface area (Å²) in [5.41, 5.74) is 0.205. The Morgan fingerprint density at radius 3 is 2.57 bits per heavy atom. The van der Waals surface area contributed by atoms with Crippen LogP contribution in [0.3, 0.4) is 0 Å². The minimum Gasteiger partial charge on any atom is -0.395 e. The SMILES string of the molecule is CCNCc1ccc(N(CCO)C2CC2)cc1C(F)(F)F. The van der Waals surface area contributed by atoms with Crippen molar-refractivity contribution < 1.29 is 18.3 Å². The van der Waals surface area contributed by atoms with Gasteiger partial charge >= 0.3 is 6.18 Å². The zero-order valence-corrected chi connectivity index (χ0v) is 12.1.